The maximum absolute atomic E-state index is 15.5. The SMILES string of the molecule is CC12CCC(O)CC13C=CC1(C(C(=O)c4ccccc4-c4ccccc4)=C3)C2CCC2(C)C1CCC2(O)CN(CCc1cccs1)CC(O)COCc1ccccc1. The summed E-state index contributed by atoms with van der Waals surface area (Å²) >= 11 is 1.74. The van der Waals surface area contributed by atoms with Gasteiger partial charge in [0.2, 0.25) is 0 Å². The van der Waals surface area contributed by atoms with E-state index in [9.17, 15) is 15.3 Å². The fraction of sp³-hybridized carbons (Fsp3) is 0.471. The van der Waals surface area contributed by atoms with E-state index in [4.69, 9.17) is 4.74 Å². The van der Waals surface area contributed by atoms with Crippen LogP contribution in [0.25, 0.3) is 11.1 Å². The summed E-state index contributed by atoms with van der Waals surface area (Å²) in [7, 11) is 0. The summed E-state index contributed by atoms with van der Waals surface area (Å²) in [6.45, 7) is 6.97. The number of aliphatic hydroxyl groups excluding tert-OH is 2. The fourth-order valence-corrected chi connectivity index (χ4v) is 13.6. The summed E-state index contributed by atoms with van der Waals surface area (Å²) in [5, 5.41) is 38.0. The van der Waals surface area contributed by atoms with Crippen LogP contribution in [0.15, 0.2) is 126 Å². The normalized spacial score (nSPS) is 34.0. The molecule has 1 aromatic heterocycles. The molecule has 9 atom stereocenters. The Morgan fingerprint density at radius 1 is 0.862 bits per heavy atom. The number of hydrogen-bond acceptors (Lipinski definition) is 7. The number of carbonyl (C=O) groups is 1. The van der Waals surface area contributed by atoms with Crippen LogP contribution in [0, 0.1) is 33.5 Å². The van der Waals surface area contributed by atoms with Gasteiger partial charge in [-0.15, -0.1) is 11.3 Å². The van der Waals surface area contributed by atoms with Crippen LogP contribution in [0.1, 0.15) is 79.6 Å². The number of ether oxygens (including phenoxy) is 1. The third-order valence-corrected chi connectivity index (χ3v) is 16.8. The number of rotatable bonds is 14. The first-order chi connectivity index (χ1) is 28.0. The topological polar surface area (TPSA) is 90.2 Å². The van der Waals surface area contributed by atoms with Gasteiger partial charge in [0, 0.05) is 51.9 Å². The number of ketones is 1. The Morgan fingerprint density at radius 3 is 2.34 bits per heavy atom. The second kappa shape index (κ2) is 15.4. The zero-order chi connectivity index (χ0) is 40.2. The highest BCUT2D eigenvalue weighted by atomic mass is 32.1. The van der Waals surface area contributed by atoms with Gasteiger partial charge in [0.1, 0.15) is 0 Å². The molecule has 4 aromatic rings. The van der Waals surface area contributed by atoms with Crippen LogP contribution in [0.3, 0.4) is 0 Å². The molecule has 10 rings (SSSR count). The quantitative estimate of drug-likeness (QED) is 0.0871. The van der Waals surface area contributed by atoms with E-state index in [-0.39, 0.29) is 29.6 Å². The predicted octanol–water partition coefficient (Wildman–Crippen LogP) is 9.31. The number of benzene rings is 3. The monoisotopic (exact) mass is 797 g/mol. The summed E-state index contributed by atoms with van der Waals surface area (Å²) < 4.78 is 5.99. The van der Waals surface area contributed by atoms with Gasteiger partial charge in [-0.25, -0.2) is 0 Å². The summed E-state index contributed by atoms with van der Waals surface area (Å²) in [6, 6.07) is 32.5. The minimum atomic E-state index is -1.03. The average molecular weight is 798 g/mol. The molecule has 2 bridgehead atoms. The first-order valence-electron chi connectivity index (χ1n) is 21.6. The van der Waals surface area contributed by atoms with Crippen LogP contribution in [0.5, 0.6) is 0 Å². The smallest absolute Gasteiger partial charge is 0.190 e. The Balaban J connectivity index is 1.05. The molecule has 3 N–H and O–H groups in total. The van der Waals surface area contributed by atoms with Crippen molar-refractivity contribution in [3.63, 3.8) is 0 Å². The van der Waals surface area contributed by atoms with Crippen molar-refractivity contribution in [3.8, 4) is 11.1 Å². The first-order valence-corrected chi connectivity index (χ1v) is 22.5. The molecule has 58 heavy (non-hydrogen) atoms. The van der Waals surface area contributed by atoms with Crippen molar-refractivity contribution in [3.05, 3.63) is 142 Å². The Bertz CT molecular complexity index is 2150. The molecule has 0 radical (unpaired) electrons. The van der Waals surface area contributed by atoms with E-state index >= 15 is 4.79 Å². The molecule has 6 nitrogen and oxygen atoms in total. The van der Waals surface area contributed by atoms with Crippen LogP contribution < -0.4 is 0 Å². The first kappa shape index (κ1) is 39.8. The van der Waals surface area contributed by atoms with Gasteiger partial charge in [-0.1, -0.05) is 123 Å². The molecule has 7 heteroatoms. The minimum absolute atomic E-state index is 0.0411. The second-order valence-electron chi connectivity index (χ2n) is 18.8. The highest BCUT2D eigenvalue weighted by Gasteiger charge is 2.74. The third kappa shape index (κ3) is 6.52. The zero-order valence-corrected chi connectivity index (χ0v) is 34.9. The van der Waals surface area contributed by atoms with Crippen molar-refractivity contribution in [2.45, 2.75) is 89.6 Å². The van der Waals surface area contributed by atoms with Crippen molar-refractivity contribution in [1.29, 1.82) is 0 Å². The van der Waals surface area contributed by atoms with E-state index in [0.29, 0.717) is 38.1 Å². The molecule has 6 aliphatic rings. The van der Waals surface area contributed by atoms with E-state index in [1.165, 1.54) is 4.88 Å². The maximum Gasteiger partial charge on any atom is 0.190 e. The lowest BCUT2D eigenvalue weighted by atomic mass is 9.32. The van der Waals surface area contributed by atoms with E-state index in [1.807, 2.05) is 66.7 Å². The van der Waals surface area contributed by atoms with Crippen molar-refractivity contribution >= 4 is 17.1 Å². The van der Waals surface area contributed by atoms with Crippen LogP contribution in [0.4, 0.5) is 0 Å². The zero-order valence-electron chi connectivity index (χ0n) is 34.1. The summed E-state index contributed by atoms with van der Waals surface area (Å²) in [4.78, 5) is 19.1. The van der Waals surface area contributed by atoms with Crippen LogP contribution in [0.2, 0.25) is 0 Å². The number of carbonyl (C=O) groups excluding carboxylic acids is 1. The molecule has 3 fully saturated rings. The van der Waals surface area contributed by atoms with Gasteiger partial charge in [-0.2, -0.15) is 0 Å². The fourth-order valence-electron chi connectivity index (χ4n) is 12.9. The molecular formula is C51H59NO5S. The molecule has 3 saturated carbocycles. The van der Waals surface area contributed by atoms with Gasteiger partial charge in [-0.3, -0.25) is 9.69 Å². The number of hydrogen-bond donors (Lipinski definition) is 3. The van der Waals surface area contributed by atoms with Crippen LogP contribution in [-0.4, -0.2) is 70.1 Å². The highest BCUT2D eigenvalue weighted by Crippen LogP contribution is 2.78. The predicted molar refractivity (Wildman–Crippen MR) is 231 cm³/mol. The van der Waals surface area contributed by atoms with Gasteiger partial charge in [-0.05, 0) is 96.8 Å². The largest absolute Gasteiger partial charge is 0.393 e. The van der Waals surface area contributed by atoms with Crippen molar-refractivity contribution in [2.24, 2.45) is 33.5 Å². The highest BCUT2D eigenvalue weighted by molar-refractivity contribution is 7.09. The number of thiophene rings is 1. The average Bonchev–Trinajstić information content (AvgIpc) is 3.86. The van der Waals surface area contributed by atoms with Crippen molar-refractivity contribution < 1.29 is 24.9 Å². The van der Waals surface area contributed by atoms with Crippen LogP contribution >= 0.6 is 11.3 Å². The number of allylic oxidation sites excluding steroid dienone is 4. The second-order valence-corrected chi connectivity index (χ2v) is 19.8. The number of fused-ring (bicyclic) bond motifs is 1. The third-order valence-electron chi connectivity index (χ3n) is 15.8. The van der Waals surface area contributed by atoms with Gasteiger partial charge in [0.15, 0.2) is 5.78 Å². The maximum atomic E-state index is 15.5. The lowest BCUT2D eigenvalue weighted by Crippen LogP contribution is -2.67. The lowest BCUT2D eigenvalue weighted by Gasteiger charge is -2.71. The van der Waals surface area contributed by atoms with Gasteiger partial charge in [0.05, 0.1) is 31.0 Å². The molecule has 304 valence electrons. The van der Waals surface area contributed by atoms with Crippen molar-refractivity contribution in [1.82, 2.24) is 4.90 Å². The summed E-state index contributed by atoms with van der Waals surface area (Å²) in [6.07, 6.45) is 12.4. The molecular weight excluding hydrogens is 739 g/mol. The van der Waals surface area contributed by atoms with E-state index in [0.717, 1.165) is 67.3 Å². The molecule has 1 heterocycles. The van der Waals surface area contributed by atoms with E-state index in [2.05, 4.69) is 72.7 Å². The van der Waals surface area contributed by atoms with Crippen molar-refractivity contribution in [2.75, 3.05) is 26.2 Å². The Hall–Kier alpha value is -3.69. The lowest BCUT2D eigenvalue weighted by molar-refractivity contribution is -0.177. The Morgan fingerprint density at radius 2 is 1.57 bits per heavy atom. The summed E-state index contributed by atoms with van der Waals surface area (Å²) in [5.74, 6) is 0.329. The van der Waals surface area contributed by atoms with Gasteiger partial charge < -0.3 is 20.1 Å². The molecule has 0 saturated heterocycles. The number of nitrogens with zero attached hydrogens (tertiary/aromatic N) is 1. The summed E-state index contributed by atoms with van der Waals surface area (Å²) in [5.41, 5.74) is 2.04. The standard InChI is InChI=1S/C51H59NO5S/c1-47-23-19-38(53)30-49(47)26-27-51(43(31-49)46(55)42-18-10-9-17-41(42)37-14-7-4-8-15-37)44(47)20-24-48(2)45(51)21-25-50(48,56)35-52(28-22-40-16-11-29-58-40)32-39(54)34-57-33-36-12-5-3-6-13-36/h3-18,26-27,29,31,38-39,44-45,53-54,56H,19-25,28,30,32-35H2,1-2H3. The molecule has 3 aromatic carbocycles. The van der Waals surface area contributed by atoms with Crippen LogP contribution in [-0.2, 0) is 17.8 Å². The minimum Gasteiger partial charge on any atom is -0.393 e. The Labute approximate surface area is 348 Å². The Kier molecular flexibility index (Phi) is 10.6. The number of Topliss-reactive ketones (excluding diaryl/α,β-unsaturated/α-hetero) is 1. The van der Waals surface area contributed by atoms with E-state index in [1.54, 1.807) is 11.3 Å². The molecule has 6 aliphatic carbocycles. The number of aliphatic hydroxyl groups is 3. The molecule has 0 aliphatic heterocycles. The van der Waals surface area contributed by atoms with E-state index < -0.39 is 34.1 Å². The molecule has 9 unspecified atom stereocenters. The molecule has 0 amide bonds. The molecule has 2 spiro atoms. The van der Waals surface area contributed by atoms with Gasteiger partial charge in [0.25, 0.3) is 0 Å². The van der Waals surface area contributed by atoms with Gasteiger partial charge >= 0.3 is 0 Å².